The van der Waals surface area contributed by atoms with Crippen LogP contribution in [0.15, 0.2) is 77.6 Å². The number of piperazine rings is 1. The molecular weight excluding hydrogens is 533 g/mol. The maximum atomic E-state index is 13.5. The zero-order valence-corrected chi connectivity index (χ0v) is 22.6. The lowest BCUT2D eigenvalue weighted by Gasteiger charge is -2.40. The van der Waals surface area contributed by atoms with Crippen molar-refractivity contribution in [1.82, 2.24) is 19.4 Å². The Morgan fingerprint density at radius 3 is 1.84 bits per heavy atom. The third kappa shape index (κ3) is 7.21. The molecule has 3 N–H and O–H groups in total. The molecule has 206 valence electrons. The molecule has 10 heteroatoms. The van der Waals surface area contributed by atoms with E-state index >= 15 is 0 Å². The topological polar surface area (TPSA) is 75.8 Å². The Hall–Kier alpha value is -2.75. The standard InChI is InChI=1S/C28H30F2N4O.2ClH.H2O/c29-23-11-7-21(8-12-23)27(22-9-13-24(30)14-10-22)33-19-17-32(18-20-33)15-3-4-16-34-26-6-2-1-5-25(26)31-28(34)35;;;/h1-2,5-14,27H,3-4,15-20H2,(H,31,35);2*1H;1H2. The summed E-state index contributed by atoms with van der Waals surface area (Å²) < 4.78 is 28.9. The van der Waals surface area contributed by atoms with Crippen LogP contribution in [0.4, 0.5) is 8.78 Å². The molecule has 4 aromatic rings. The van der Waals surface area contributed by atoms with E-state index in [1.807, 2.05) is 53.1 Å². The molecule has 6 nitrogen and oxygen atoms in total. The molecule has 1 fully saturated rings. The van der Waals surface area contributed by atoms with Gasteiger partial charge in [0, 0.05) is 32.7 Å². The molecule has 0 unspecified atom stereocenters. The first-order valence-electron chi connectivity index (χ1n) is 12.2. The van der Waals surface area contributed by atoms with Crippen LogP contribution < -0.4 is 5.69 Å². The summed E-state index contributed by atoms with van der Waals surface area (Å²) in [6.07, 6.45) is 1.96. The van der Waals surface area contributed by atoms with Crippen LogP contribution in [0.1, 0.15) is 30.0 Å². The normalized spacial score (nSPS) is 14.1. The molecule has 1 saturated heterocycles. The number of hydrogen-bond donors (Lipinski definition) is 1. The van der Waals surface area contributed by atoms with Gasteiger partial charge in [-0.3, -0.25) is 9.47 Å². The van der Waals surface area contributed by atoms with Crippen molar-refractivity contribution < 1.29 is 14.3 Å². The molecule has 2 heterocycles. The van der Waals surface area contributed by atoms with Gasteiger partial charge in [-0.2, -0.15) is 0 Å². The molecule has 1 aromatic heterocycles. The fourth-order valence-corrected chi connectivity index (χ4v) is 5.08. The predicted molar refractivity (Wildman–Crippen MR) is 153 cm³/mol. The van der Waals surface area contributed by atoms with E-state index in [0.717, 1.165) is 67.7 Å². The van der Waals surface area contributed by atoms with E-state index in [4.69, 9.17) is 0 Å². The number of H-pyrrole nitrogens is 1. The van der Waals surface area contributed by atoms with Crippen LogP contribution in [-0.2, 0) is 6.54 Å². The molecule has 3 aromatic carbocycles. The number of para-hydroxylation sites is 2. The number of aromatic amines is 1. The number of benzene rings is 3. The Morgan fingerprint density at radius 1 is 0.737 bits per heavy atom. The van der Waals surface area contributed by atoms with Crippen molar-refractivity contribution in [2.75, 3.05) is 32.7 Å². The molecule has 0 aliphatic carbocycles. The number of hydrogen-bond acceptors (Lipinski definition) is 3. The highest BCUT2D eigenvalue weighted by Gasteiger charge is 2.26. The Morgan fingerprint density at radius 2 is 1.26 bits per heavy atom. The van der Waals surface area contributed by atoms with Crippen molar-refractivity contribution in [2.24, 2.45) is 0 Å². The lowest BCUT2D eigenvalue weighted by Crippen LogP contribution is -2.48. The lowest BCUT2D eigenvalue weighted by atomic mass is 9.96. The summed E-state index contributed by atoms with van der Waals surface area (Å²) in [6.45, 7) is 5.32. The van der Waals surface area contributed by atoms with E-state index in [2.05, 4.69) is 14.8 Å². The number of halogens is 4. The Balaban J connectivity index is 0.00000169. The summed E-state index contributed by atoms with van der Waals surface area (Å²) >= 11 is 0. The summed E-state index contributed by atoms with van der Waals surface area (Å²) in [7, 11) is 0. The van der Waals surface area contributed by atoms with Gasteiger partial charge in [0.05, 0.1) is 17.1 Å². The van der Waals surface area contributed by atoms with Crippen LogP contribution >= 0.6 is 24.8 Å². The average molecular weight is 568 g/mol. The van der Waals surface area contributed by atoms with E-state index < -0.39 is 0 Å². The minimum atomic E-state index is -0.258. The molecule has 0 spiro atoms. The van der Waals surface area contributed by atoms with Crippen molar-refractivity contribution in [3.8, 4) is 0 Å². The Labute approximate surface area is 233 Å². The van der Waals surface area contributed by atoms with Crippen molar-refractivity contribution in [3.63, 3.8) is 0 Å². The molecule has 0 atom stereocenters. The van der Waals surface area contributed by atoms with Gasteiger partial charge in [-0.25, -0.2) is 13.6 Å². The molecule has 1 aliphatic heterocycles. The molecule has 0 bridgehead atoms. The number of rotatable bonds is 8. The van der Waals surface area contributed by atoms with Gasteiger partial charge in [0.15, 0.2) is 0 Å². The zero-order valence-electron chi connectivity index (χ0n) is 21.0. The maximum absolute atomic E-state index is 13.5. The van der Waals surface area contributed by atoms with Crippen molar-refractivity contribution in [1.29, 1.82) is 0 Å². The van der Waals surface area contributed by atoms with Crippen molar-refractivity contribution >= 4 is 35.8 Å². The van der Waals surface area contributed by atoms with Gasteiger partial charge in [0.2, 0.25) is 0 Å². The zero-order chi connectivity index (χ0) is 24.2. The van der Waals surface area contributed by atoms with Crippen molar-refractivity contribution in [3.05, 3.63) is 106 Å². The van der Waals surface area contributed by atoms with E-state index in [1.165, 1.54) is 24.3 Å². The first-order chi connectivity index (χ1) is 17.1. The van der Waals surface area contributed by atoms with Gasteiger partial charge in [0.1, 0.15) is 11.6 Å². The third-order valence-corrected chi connectivity index (χ3v) is 6.93. The molecule has 0 radical (unpaired) electrons. The van der Waals surface area contributed by atoms with Gasteiger partial charge in [-0.15, -0.1) is 24.8 Å². The second-order valence-electron chi connectivity index (χ2n) is 9.19. The summed E-state index contributed by atoms with van der Waals surface area (Å²) in [5, 5.41) is 0. The van der Waals surface area contributed by atoms with E-state index in [0.29, 0.717) is 6.54 Å². The number of imidazole rings is 1. The fraction of sp³-hybridized carbons (Fsp3) is 0.321. The highest BCUT2D eigenvalue weighted by molar-refractivity contribution is 5.85. The molecule has 0 saturated carbocycles. The smallest absolute Gasteiger partial charge is 0.326 e. The number of aromatic nitrogens is 2. The average Bonchev–Trinajstić information content (AvgIpc) is 3.20. The summed E-state index contributed by atoms with van der Waals surface area (Å²) in [5.41, 5.74) is 3.81. The molecule has 1 aliphatic rings. The fourth-order valence-electron chi connectivity index (χ4n) is 5.08. The minimum absolute atomic E-state index is 0. The number of aryl methyl sites for hydroxylation is 1. The lowest BCUT2D eigenvalue weighted by molar-refractivity contribution is 0.108. The maximum Gasteiger partial charge on any atom is 0.326 e. The van der Waals surface area contributed by atoms with Gasteiger partial charge in [-0.05, 0) is 66.9 Å². The van der Waals surface area contributed by atoms with Crippen LogP contribution in [0.2, 0.25) is 0 Å². The Kier molecular flexibility index (Phi) is 11.9. The highest BCUT2D eigenvalue weighted by Crippen LogP contribution is 2.30. The monoisotopic (exact) mass is 566 g/mol. The van der Waals surface area contributed by atoms with E-state index in [1.54, 1.807) is 0 Å². The SMILES string of the molecule is Cl.Cl.O.O=c1[nH]c2ccccc2n1CCCCN1CCN(C(c2ccc(F)cc2)c2ccc(F)cc2)CC1. The van der Waals surface area contributed by atoms with Crippen LogP contribution in [-0.4, -0.2) is 57.6 Å². The molecular formula is C28H34Cl2F2N4O2. The predicted octanol–water partition coefficient (Wildman–Crippen LogP) is 4.81. The van der Waals surface area contributed by atoms with Gasteiger partial charge in [0.25, 0.3) is 0 Å². The summed E-state index contributed by atoms with van der Waals surface area (Å²) in [5.74, 6) is -0.516. The van der Waals surface area contributed by atoms with Crippen LogP contribution in [0, 0.1) is 11.6 Å². The van der Waals surface area contributed by atoms with Crippen LogP contribution in [0.3, 0.4) is 0 Å². The molecule has 38 heavy (non-hydrogen) atoms. The first kappa shape index (κ1) is 31.5. The summed E-state index contributed by atoms with van der Waals surface area (Å²) in [4.78, 5) is 20.0. The Bertz CT molecular complexity index is 1280. The number of fused-ring (bicyclic) bond motifs is 1. The minimum Gasteiger partial charge on any atom is -0.412 e. The number of nitrogens with one attached hydrogen (secondary N) is 1. The van der Waals surface area contributed by atoms with Gasteiger partial charge < -0.3 is 15.4 Å². The first-order valence-corrected chi connectivity index (χ1v) is 12.2. The van der Waals surface area contributed by atoms with Crippen molar-refractivity contribution in [2.45, 2.75) is 25.4 Å². The second kappa shape index (κ2) is 14.4. The van der Waals surface area contributed by atoms with Crippen LogP contribution in [0.25, 0.3) is 11.0 Å². The van der Waals surface area contributed by atoms with Gasteiger partial charge >= 0.3 is 5.69 Å². The molecule has 5 rings (SSSR count). The third-order valence-electron chi connectivity index (χ3n) is 6.93. The number of nitrogens with zero attached hydrogens (tertiary/aromatic N) is 3. The molecule has 0 amide bonds. The summed E-state index contributed by atoms with van der Waals surface area (Å²) in [6, 6.07) is 21.0. The second-order valence-corrected chi connectivity index (χ2v) is 9.19. The van der Waals surface area contributed by atoms with Gasteiger partial charge in [-0.1, -0.05) is 36.4 Å². The van der Waals surface area contributed by atoms with E-state index in [9.17, 15) is 13.6 Å². The number of unbranched alkanes of at least 4 members (excludes halogenated alkanes) is 1. The highest BCUT2D eigenvalue weighted by atomic mass is 35.5. The quantitative estimate of drug-likeness (QED) is 0.311. The van der Waals surface area contributed by atoms with E-state index in [-0.39, 0.29) is 53.7 Å². The van der Waals surface area contributed by atoms with Crippen LogP contribution in [0.5, 0.6) is 0 Å². The largest absolute Gasteiger partial charge is 0.412 e.